The molecule has 26 heavy (non-hydrogen) atoms. The standard InChI is InChI=1S/C18H23N5O3/c1-6-25-18(24)14-9-20-17-15(11(3)21-23(17)5)16(14)19-8-7-13-10(2)22-26-12(13)4/h9H,6-8H2,1-5H3,(H,19,20). The molecule has 0 amide bonds. The third-order valence-electron chi connectivity index (χ3n) is 4.38. The molecule has 8 nitrogen and oxygen atoms in total. The Labute approximate surface area is 151 Å². The van der Waals surface area contributed by atoms with Gasteiger partial charge < -0.3 is 14.6 Å². The Morgan fingerprint density at radius 1 is 1.31 bits per heavy atom. The molecular weight excluding hydrogens is 334 g/mol. The molecule has 0 atom stereocenters. The largest absolute Gasteiger partial charge is 0.462 e. The number of rotatable bonds is 6. The highest BCUT2D eigenvalue weighted by molar-refractivity contribution is 6.05. The van der Waals surface area contributed by atoms with Gasteiger partial charge in [0.15, 0.2) is 5.65 Å². The van der Waals surface area contributed by atoms with Crippen molar-refractivity contribution < 1.29 is 14.1 Å². The lowest BCUT2D eigenvalue weighted by Gasteiger charge is -2.13. The molecule has 0 unspecified atom stereocenters. The normalized spacial score (nSPS) is 11.1. The summed E-state index contributed by atoms with van der Waals surface area (Å²) in [4.78, 5) is 16.8. The van der Waals surface area contributed by atoms with Gasteiger partial charge in [-0.2, -0.15) is 5.10 Å². The maximum absolute atomic E-state index is 12.4. The third kappa shape index (κ3) is 3.14. The Morgan fingerprint density at radius 2 is 2.08 bits per heavy atom. The SMILES string of the molecule is CCOC(=O)c1cnc2c(c(C)nn2C)c1NCCc1c(C)noc1C. The van der Waals surface area contributed by atoms with E-state index in [0.29, 0.717) is 24.4 Å². The number of anilines is 1. The topological polar surface area (TPSA) is 95.1 Å². The number of pyridine rings is 1. The quantitative estimate of drug-likeness (QED) is 0.678. The van der Waals surface area contributed by atoms with E-state index in [0.717, 1.165) is 40.2 Å². The molecule has 0 spiro atoms. The van der Waals surface area contributed by atoms with E-state index in [-0.39, 0.29) is 0 Å². The summed E-state index contributed by atoms with van der Waals surface area (Å²) in [5.41, 5.74) is 4.59. The monoisotopic (exact) mass is 357 g/mol. The van der Waals surface area contributed by atoms with Crippen molar-refractivity contribution in [3.8, 4) is 0 Å². The van der Waals surface area contributed by atoms with E-state index in [1.54, 1.807) is 17.8 Å². The van der Waals surface area contributed by atoms with Crippen LogP contribution in [0.5, 0.6) is 0 Å². The maximum atomic E-state index is 12.4. The zero-order valence-corrected chi connectivity index (χ0v) is 15.7. The second-order valence-corrected chi connectivity index (χ2v) is 6.15. The molecule has 0 aliphatic rings. The summed E-state index contributed by atoms with van der Waals surface area (Å²) in [6.07, 6.45) is 2.27. The van der Waals surface area contributed by atoms with Crippen molar-refractivity contribution in [3.63, 3.8) is 0 Å². The first-order chi connectivity index (χ1) is 12.4. The van der Waals surface area contributed by atoms with Gasteiger partial charge in [-0.15, -0.1) is 0 Å². The number of aromatic nitrogens is 4. The second-order valence-electron chi connectivity index (χ2n) is 6.15. The van der Waals surface area contributed by atoms with Crippen LogP contribution >= 0.6 is 0 Å². The van der Waals surface area contributed by atoms with Crippen LogP contribution < -0.4 is 5.32 Å². The zero-order chi connectivity index (χ0) is 18.8. The Balaban J connectivity index is 1.96. The van der Waals surface area contributed by atoms with Gasteiger partial charge in [0, 0.05) is 25.4 Å². The molecule has 3 aromatic rings. The number of nitrogens with one attached hydrogen (secondary N) is 1. The van der Waals surface area contributed by atoms with Gasteiger partial charge in [0.1, 0.15) is 11.3 Å². The molecule has 8 heteroatoms. The molecule has 0 saturated carbocycles. The molecule has 3 rings (SSSR count). The fraction of sp³-hybridized carbons (Fsp3) is 0.444. The average Bonchev–Trinajstić information content (AvgIpc) is 3.08. The van der Waals surface area contributed by atoms with E-state index in [9.17, 15) is 4.79 Å². The van der Waals surface area contributed by atoms with Crippen LogP contribution in [0.3, 0.4) is 0 Å². The van der Waals surface area contributed by atoms with Crippen LogP contribution in [0, 0.1) is 20.8 Å². The van der Waals surface area contributed by atoms with Crippen molar-refractivity contribution in [1.29, 1.82) is 0 Å². The highest BCUT2D eigenvalue weighted by atomic mass is 16.5. The molecule has 3 aromatic heterocycles. The summed E-state index contributed by atoms with van der Waals surface area (Å²) in [6.45, 7) is 8.42. The summed E-state index contributed by atoms with van der Waals surface area (Å²) in [7, 11) is 1.83. The fourth-order valence-electron chi connectivity index (χ4n) is 3.13. The van der Waals surface area contributed by atoms with Gasteiger partial charge in [0.2, 0.25) is 0 Å². The summed E-state index contributed by atoms with van der Waals surface area (Å²) in [5.74, 6) is 0.414. The fourth-order valence-corrected chi connectivity index (χ4v) is 3.13. The van der Waals surface area contributed by atoms with Gasteiger partial charge in [-0.1, -0.05) is 5.16 Å². The van der Waals surface area contributed by atoms with Gasteiger partial charge >= 0.3 is 5.97 Å². The molecule has 0 fully saturated rings. The van der Waals surface area contributed by atoms with Gasteiger partial charge in [-0.25, -0.2) is 9.78 Å². The van der Waals surface area contributed by atoms with Crippen LogP contribution in [-0.4, -0.2) is 39.0 Å². The van der Waals surface area contributed by atoms with Crippen molar-refractivity contribution in [3.05, 3.63) is 34.5 Å². The van der Waals surface area contributed by atoms with Gasteiger partial charge in [-0.3, -0.25) is 4.68 Å². The number of esters is 1. The molecule has 0 saturated heterocycles. The number of fused-ring (bicyclic) bond motifs is 1. The number of carbonyl (C=O) groups is 1. The number of nitrogens with zero attached hydrogens (tertiary/aromatic N) is 4. The van der Waals surface area contributed by atoms with E-state index >= 15 is 0 Å². The first-order valence-electron chi connectivity index (χ1n) is 8.59. The lowest BCUT2D eigenvalue weighted by Crippen LogP contribution is -2.13. The van der Waals surface area contributed by atoms with Crippen LogP contribution in [0.15, 0.2) is 10.7 Å². The summed E-state index contributed by atoms with van der Waals surface area (Å²) in [6, 6.07) is 0. The smallest absolute Gasteiger partial charge is 0.341 e. The van der Waals surface area contributed by atoms with Crippen molar-refractivity contribution in [1.82, 2.24) is 19.9 Å². The van der Waals surface area contributed by atoms with Crippen molar-refractivity contribution in [2.75, 3.05) is 18.5 Å². The highest BCUT2D eigenvalue weighted by Gasteiger charge is 2.20. The first-order valence-corrected chi connectivity index (χ1v) is 8.59. The van der Waals surface area contributed by atoms with Crippen LogP contribution in [0.25, 0.3) is 11.0 Å². The molecule has 3 heterocycles. The Hall–Kier alpha value is -2.90. The summed E-state index contributed by atoms with van der Waals surface area (Å²) >= 11 is 0. The molecule has 1 N–H and O–H groups in total. The van der Waals surface area contributed by atoms with Crippen molar-refractivity contribution >= 4 is 22.7 Å². The Kier molecular flexibility index (Phi) is 4.92. The maximum Gasteiger partial charge on any atom is 0.341 e. The van der Waals surface area contributed by atoms with Gasteiger partial charge in [0.25, 0.3) is 0 Å². The van der Waals surface area contributed by atoms with E-state index in [1.165, 1.54) is 0 Å². The third-order valence-corrected chi connectivity index (χ3v) is 4.38. The lowest BCUT2D eigenvalue weighted by molar-refractivity contribution is 0.0527. The van der Waals surface area contributed by atoms with E-state index in [1.807, 2.05) is 27.8 Å². The minimum Gasteiger partial charge on any atom is -0.462 e. The summed E-state index contributed by atoms with van der Waals surface area (Å²) < 4.78 is 12.1. The number of hydrogen-bond acceptors (Lipinski definition) is 7. The van der Waals surface area contributed by atoms with Crippen LogP contribution in [-0.2, 0) is 18.2 Å². The Morgan fingerprint density at radius 3 is 2.73 bits per heavy atom. The minimum absolute atomic E-state index is 0.307. The van der Waals surface area contributed by atoms with Crippen LogP contribution in [0.4, 0.5) is 5.69 Å². The summed E-state index contributed by atoms with van der Waals surface area (Å²) in [5, 5.41) is 12.6. The average molecular weight is 357 g/mol. The van der Waals surface area contributed by atoms with E-state index in [2.05, 4.69) is 20.6 Å². The Bertz CT molecular complexity index is 938. The van der Waals surface area contributed by atoms with Gasteiger partial charge in [0.05, 0.1) is 29.1 Å². The molecule has 138 valence electrons. The first kappa shape index (κ1) is 17.9. The molecule has 0 bridgehead atoms. The zero-order valence-electron chi connectivity index (χ0n) is 15.7. The number of ether oxygens (including phenoxy) is 1. The number of carbonyl (C=O) groups excluding carboxylic acids is 1. The van der Waals surface area contributed by atoms with Crippen LogP contribution in [0.1, 0.15) is 40.0 Å². The van der Waals surface area contributed by atoms with Crippen molar-refractivity contribution in [2.45, 2.75) is 34.1 Å². The predicted molar refractivity (Wildman–Crippen MR) is 97.4 cm³/mol. The molecular formula is C18H23N5O3. The molecule has 0 aromatic carbocycles. The molecule has 0 radical (unpaired) electrons. The minimum atomic E-state index is -0.398. The number of hydrogen-bond donors (Lipinski definition) is 1. The van der Waals surface area contributed by atoms with Crippen LogP contribution in [0.2, 0.25) is 0 Å². The molecule has 0 aliphatic heterocycles. The lowest BCUT2D eigenvalue weighted by atomic mass is 10.1. The highest BCUT2D eigenvalue weighted by Crippen LogP contribution is 2.29. The van der Waals surface area contributed by atoms with E-state index in [4.69, 9.17) is 9.26 Å². The van der Waals surface area contributed by atoms with Gasteiger partial charge in [-0.05, 0) is 34.1 Å². The van der Waals surface area contributed by atoms with E-state index < -0.39 is 5.97 Å². The van der Waals surface area contributed by atoms with Crippen molar-refractivity contribution in [2.24, 2.45) is 7.05 Å². The molecule has 0 aliphatic carbocycles. The second kappa shape index (κ2) is 7.15. The predicted octanol–water partition coefficient (Wildman–Crippen LogP) is 2.71. The number of aryl methyl sites for hydroxylation is 4.